The van der Waals surface area contributed by atoms with Crippen LogP contribution in [0.3, 0.4) is 0 Å². The summed E-state index contributed by atoms with van der Waals surface area (Å²) in [5, 5.41) is 35.5. The molecule has 0 radical (unpaired) electrons. The molecule has 8 atom stereocenters. The van der Waals surface area contributed by atoms with Gasteiger partial charge in [-0.2, -0.15) is 0 Å². The van der Waals surface area contributed by atoms with Crippen molar-refractivity contribution in [2.24, 2.45) is 34.0 Å². The summed E-state index contributed by atoms with van der Waals surface area (Å²) in [7, 11) is 0. The molecule has 4 aliphatic carbocycles. The number of hydrogen-bond acceptors (Lipinski definition) is 8. The summed E-state index contributed by atoms with van der Waals surface area (Å²) < 4.78 is 12.0. The second-order valence-corrected chi connectivity index (χ2v) is 16.1. The first-order valence-corrected chi connectivity index (χ1v) is 17.3. The zero-order valence-corrected chi connectivity index (χ0v) is 28.9. The Bertz CT molecular complexity index is 1210. The molecule has 254 valence electrons. The summed E-state index contributed by atoms with van der Waals surface area (Å²) >= 11 is 0. The molecule has 0 aromatic heterocycles. The summed E-state index contributed by atoms with van der Waals surface area (Å²) in [6.45, 7) is 14.5. The van der Waals surface area contributed by atoms with Gasteiger partial charge in [0.15, 0.2) is 5.78 Å². The number of carbonyl (C=O) groups is 3. The monoisotopic (exact) mass is 630 g/mol. The second-order valence-electron chi connectivity index (χ2n) is 16.1. The van der Waals surface area contributed by atoms with Crippen molar-refractivity contribution in [1.82, 2.24) is 0 Å². The number of esters is 2. The third-order valence-electron chi connectivity index (χ3n) is 11.6. The van der Waals surface area contributed by atoms with Crippen LogP contribution in [0.25, 0.3) is 0 Å². The van der Waals surface area contributed by atoms with Gasteiger partial charge in [0.2, 0.25) is 0 Å². The topological polar surface area (TPSA) is 130 Å². The highest BCUT2D eigenvalue weighted by Gasteiger charge is 2.83. The van der Waals surface area contributed by atoms with Crippen LogP contribution in [0.2, 0.25) is 0 Å². The molecule has 0 saturated heterocycles. The van der Waals surface area contributed by atoms with Gasteiger partial charge in [-0.1, -0.05) is 91.2 Å². The van der Waals surface area contributed by atoms with Gasteiger partial charge in [0.05, 0.1) is 10.8 Å². The molecule has 8 nitrogen and oxygen atoms in total. The first-order chi connectivity index (χ1) is 20.9. The summed E-state index contributed by atoms with van der Waals surface area (Å²) in [6, 6.07) is 0. The van der Waals surface area contributed by atoms with Crippen molar-refractivity contribution in [3.8, 4) is 0 Å². The van der Waals surface area contributed by atoms with Crippen molar-refractivity contribution in [2.45, 2.75) is 149 Å². The van der Waals surface area contributed by atoms with Crippen LogP contribution in [0, 0.1) is 34.0 Å². The lowest BCUT2D eigenvalue weighted by atomic mass is 9.59. The van der Waals surface area contributed by atoms with E-state index in [1.165, 1.54) is 38.5 Å². The molecule has 2 bridgehead atoms. The SMILES string of the molecule is CCCCCCCCCCCC(=O)O[C@@]12CC(C)[C@]34C=C(C)[C@H](O)[C@@]3(O)[C@H](O)C(COC(=O)C(C)(C)C)=C[C@H](C4=O)[C@@H]1C2(C)C. The Morgan fingerprint density at radius 1 is 0.978 bits per heavy atom. The predicted octanol–water partition coefficient (Wildman–Crippen LogP) is 6.00. The first-order valence-electron chi connectivity index (χ1n) is 17.3. The van der Waals surface area contributed by atoms with Gasteiger partial charge in [-0.25, -0.2) is 0 Å². The lowest BCUT2D eigenvalue weighted by molar-refractivity contribution is -0.192. The molecular formula is C37H58O8. The number of carbonyl (C=O) groups excluding carboxylic acids is 3. The fourth-order valence-electron chi connectivity index (χ4n) is 8.92. The molecule has 0 aliphatic heterocycles. The van der Waals surface area contributed by atoms with E-state index >= 15 is 0 Å². The molecule has 4 rings (SSSR count). The van der Waals surface area contributed by atoms with Crippen LogP contribution in [-0.4, -0.2) is 63.1 Å². The number of fused-ring (bicyclic) bond motifs is 3. The van der Waals surface area contributed by atoms with E-state index in [0.717, 1.165) is 19.3 Å². The maximum atomic E-state index is 14.7. The molecule has 0 heterocycles. The van der Waals surface area contributed by atoms with Gasteiger partial charge in [0.1, 0.15) is 30.0 Å². The van der Waals surface area contributed by atoms with Crippen molar-refractivity contribution in [3.63, 3.8) is 0 Å². The average molecular weight is 631 g/mol. The van der Waals surface area contributed by atoms with Gasteiger partial charge in [0.25, 0.3) is 0 Å². The first kappa shape index (κ1) is 35.8. The Labute approximate surface area is 270 Å². The van der Waals surface area contributed by atoms with Crippen LogP contribution >= 0.6 is 0 Å². The minimum atomic E-state index is -2.27. The highest BCUT2D eigenvalue weighted by molar-refractivity contribution is 5.96. The molecule has 8 heteroatoms. The zero-order chi connectivity index (χ0) is 33.6. The Morgan fingerprint density at radius 3 is 2.13 bits per heavy atom. The molecular weight excluding hydrogens is 572 g/mol. The Balaban J connectivity index is 1.59. The summed E-state index contributed by atoms with van der Waals surface area (Å²) in [4.78, 5) is 40.8. The van der Waals surface area contributed by atoms with Gasteiger partial charge < -0.3 is 24.8 Å². The van der Waals surface area contributed by atoms with Crippen molar-refractivity contribution in [1.29, 1.82) is 0 Å². The average Bonchev–Trinajstić information content (AvgIpc) is 3.37. The van der Waals surface area contributed by atoms with Gasteiger partial charge in [-0.05, 0) is 57.6 Å². The number of aliphatic hydroxyl groups excluding tert-OH is 2. The fraction of sp³-hybridized carbons (Fsp3) is 0.811. The lowest BCUT2D eigenvalue weighted by Gasteiger charge is -2.48. The highest BCUT2D eigenvalue weighted by Crippen LogP contribution is 2.75. The largest absolute Gasteiger partial charge is 0.461 e. The van der Waals surface area contributed by atoms with Gasteiger partial charge in [-0.15, -0.1) is 0 Å². The van der Waals surface area contributed by atoms with Crippen molar-refractivity contribution < 1.29 is 39.2 Å². The van der Waals surface area contributed by atoms with Crippen molar-refractivity contribution in [2.75, 3.05) is 6.61 Å². The molecule has 4 aliphatic rings. The van der Waals surface area contributed by atoms with E-state index in [9.17, 15) is 29.7 Å². The standard InChI is InChI=1S/C37H58O8/c1-9-10-11-12-13-14-15-16-17-18-27(38)45-36-21-24(3)35-20-23(2)29(39)37(35,43)30(40)25(22-44-32(42)33(4,5)6)19-26(31(35)41)28(36)34(36,7)8/h19-20,24,26,28-30,39-40,43H,9-18,21-22H2,1-8H3/t24?,26-,28+,29-,30+,35-,36-,37+/m0/s1. The highest BCUT2D eigenvalue weighted by atomic mass is 16.6. The maximum Gasteiger partial charge on any atom is 0.311 e. The number of hydrogen-bond donors (Lipinski definition) is 3. The fourth-order valence-corrected chi connectivity index (χ4v) is 8.92. The molecule has 0 aromatic carbocycles. The van der Waals surface area contributed by atoms with E-state index in [2.05, 4.69) is 6.92 Å². The van der Waals surface area contributed by atoms with Gasteiger partial charge in [0, 0.05) is 23.7 Å². The van der Waals surface area contributed by atoms with E-state index in [1.54, 1.807) is 39.8 Å². The van der Waals surface area contributed by atoms with Crippen LogP contribution in [-0.2, 0) is 23.9 Å². The molecule has 0 aromatic rings. The third-order valence-corrected chi connectivity index (χ3v) is 11.6. The Hall–Kier alpha value is -2.03. The van der Waals surface area contributed by atoms with E-state index < -0.39 is 63.4 Å². The molecule has 1 spiro atoms. The summed E-state index contributed by atoms with van der Waals surface area (Å²) in [5.41, 5.74) is -5.62. The number of rotatable bonds is 13. The molecule has 2 saturated carbocycles. The van der Waals surface area contributed by atoms with Gasteiger partial charge >= 0.3 is 11.9 Å². The van der Waals surface area contributed by atoms with Crippen molar-refractivity contribution in [3.05, 3.63) is 23.3 Å². The minimum Gasteiger partial charge on any atom is -0.461 e. The minimum absolute atomic E-state index is 0.171. The Morgan fingerprint density at radius 2 is 1.56 bits per heavy atom. The molecule has 45 heavy (non-hydrogen) atoms. The molecule has 3 N–H and O–H groups in total. The normalized spacial score (nSPS) is 36.6. The summed E-state index contributed by atoms with van der Waals surface area (Å²) in [6.07, 6.45) is 11.0. The van der Waals surface area contributed by atoms with Crippen LogP contribution in [0.5, 0.6) is 0 Å². The molecule has 1 unspecified atom stereocenters. The van der Waals surface area contributed by atoms with E-state index in [0.29, 0.717) is 18.4 Å². The van der Waals surface area contributed by atoms with Crippen LogP contribution < -0.4 is 0 Å². The van der Waals surface area contributed by atoms with E-state index in [-0.39, 0.29) is 23.9 Å². The number of allylic oxidation sites excluding steroid dienone is 1. The Kier molecular flexibility index (Phi) is 10.2. The number of ether oxygens (including phenoxy) is 2. The van der Waals surface area contributed by atoms with Gasteiger partial charge in [-0.3, -0.25) is 14.4 Å². The number of unbranched alkanes of at least 4 members (excludes halogenated alkanes) is 8. The predicted molar refractivity (Wildman–Crippen MR) is 172 cm³/mol. The quantitative estimate of drug-likeness (QED) is 0.128. The molecule has 0 amide bonds. The zero-order valence-electron chi connectivity index (χ0n) is 28.9. The third kappa shape index (κ3) is 5.86. The van der Waals surface area contributed by atoms with E-state index in [1.807, 2.05) is 20.8 Å². The number of ketones is 1. The number of aliphatic hydroxyl groups is 3. The maximum absolute atomic E-state index is 14.7. The van der Waals surface area contributed by atoms with Crippen LogP contribution in [0.15, 0.2) is 23.3 Å². The van der Waals surface area contributed by atoms with Crippen LogP contribution in [0.4, 0.5) is 0 Å². The molecule has 2 fully saturated rings. The van der Waals surface area contributed by atoms with Crippen LogP contribution in [0.1, 0.15) is 126 Å². The van der Waals surface area contributed by atoms with E-state index in [4.69, 9.17) is 9.47 Å². The number of Topliss-reactive ketones (excluding diaryl/α,β-unsaturated/α-hetero) is 1. The smallest absolute Gasteiger partial charge is 0.311 e. The second kappa shape index (κ2) is 12.9. The lowest BCUT2D eigenvalue weighted by Crippen LogP contribution is -2.65. The van der Waals surface area contributed by atoms with Crippen molar-refractivity contribution >= 4 is 17.7 Å². The summed E-state index contributed by atoms with van der Waals surface area (Å²) in [5.74, 6) is -2.88.